The molecule has 138 valence electrons. The van der Waals surface area contributed by atoms with Crippen LogP contribution in [-0.4, -0.2) is 18.8 Å². The van der Waals surface area contributed by atoms with Crippen molar-refractivity contribution in [2.75, 3.05) is 18.8 Å². The van der Waals surface area contributed by atoms with E-state index in [1.807, 2.05) is 12.1 Å². The maximum absolute atomic E-state index is 5.76. The van der Waals surface area contributed by atoms with Gasteiger partial charge in [0, 0.05) is 12.1 Å². The third-order valence-corrected chi connectivity index (χ3v) is 4.89. The predicted molar refractivity (Wildman–Crippen MR) is 110 cm³/mol. The van der Waals surface area contributed by atoms with Crippen molar-refractivity contribution in [1.29, 1.82) is 0 Å². The Morgan fingerprint density at radius 3 is 2.12 bits per heavy atom. The number of allylic oxidation sites excluding steroid dienone is 2. The second-order valence-corrected chi connectivity index (χ2v) is 7.09. The van der Waals surface area contributed by atoms with E-state index in [0.29, 0.717) is 0 Å². The number of aryl methyl sites for hydroxylation is 1. The van der Waals surface area contributed by atoms with E-state index < -0.39 is 0 Å². The number of anilines is 1. The van der Waals surface area contributed by atoms with Gasteiger partial charge in [0.1, 0.15) is 0 Å². The van der Waals surface area contributed by atoms with Gasteiger partial charge >= 0.3 is 0 Å². The summed E-state index contributed by atoms with van der Waals surface area (Å²) >= 11 is 0. The topological polar surface area (TPSA) is 50.1 Å². The SMILES string of the molecule is CCCCNC1(NCCCC)C=CC(CCc2ccc(N)cc2)=CC1. The van der Waals surface area contributed by atoms with Crippen LogP contribution in [0.15, 0.2) is 48.1 Å². The lowest BCUT2D eigenvalue weighted by Crippen LogP contribution is -2.56. The van der Waals surface area contributed by atoms with Crippen LogP contribution in [-0.2, 0) is 6.42 Å². The molecule has 0 unspecified atom stereocenters. The molecule has 0 amide bonds. The fraction of sp³-hybridized carbons (Fsp3) is 0.545. The van der Waals surface area contributed by atoms with Crippen molar-refractivity contribution in [3.05, 3.63) is 53.6 Å². The van der Waals surface area contributed by atoms with Crippen molar-refractivity contribution in [1.82, 2.24) is 10.6 Å². The van der Waals surface area contributed by atoms with Gasteiger partial charge in [-0.25, -0.2) is 0 Å². The minimum Gasteiger partial charge on any atom is -0.399 e. The first kappa shape index (κ1) is 19.7. The Hall–Kier alpha value is -1.58. The standard InChI is InChI=1S/C22H35N3/c1-3-5-17-24-22(25-18-6-4-2)15-13-20(14-16-22)8-7-19-9-11-21(23)12-10-19/h9-15,24-25H,3-8,16-18,23H2,1-2H3. The third kappa shape index (κ3) is 6.68. The molecule has 1 aromatic carbocycles. The van der Waals surface area contributed by atoms with Gasteiger partial charge in [0.2, 0.25) is 0 Å². The van der Waals surface area contributed by atoms with Crippen LogP contribution in [0.5, 0.6) is 0 Å². The van der Waals surface area contributed by atoms with E-state index in [0.717, 1.165) is 38.0 Å². The molecule has 0 saturated carbocycles. The van der Waals surface area contributed by atoms with Gasteiger partial charge in [-0.1, -0.05) is 56.5 Å². The molecule has 0 radical (unpaired) electrons. The number of hydrogen-bond acceptors (Lipinski definition) is 3. The summed E-state index contributed by atoms with van der Waals surface area (Å²) in [6, 6.07) is 8.23. The molecule has 4 N–H and O–H groups in total. The second-order valence-electron chi connectivity index (χ2n) is 7.09. The molecule has 0 heterocycles. The van der Waals surface area contributed by atoms with Gasteiger partial charge in [-0.2, -0.15) is 0 Å². The highest BCUT2D eigenvalue weighted by atomic mass is 15.2. The largest absolute Gasteiger partial charge is 0.399 e. The lowest BCUT2D eigenvalue weighted by molar-refractivity contribution is 0.319. The minimum atomic E-state index is -0.0605. The average Bonchev–Trinajstić information content (AvgIpc) is 2.63. The highest BCUT2D eigenvalue weighted by Gasteiger charge is 2.26. The van der Waals surface area contributed by atoms with Crippen LogP contribution in [0.4, 0.5) is 5.69 Å². The van der Waals surface area contributed by atoms with Gasteiger partial charge in [0.05, 0.1) is 5.66 Å². The van der Waals surface area contributed by atoms with Gasteiger partial charge in [0.25, 0.3) is 0 Å². The molecular weight excluding hydrogens is 306 g/mol. The van der Waals surface area contributed by atoms with Crippen LogP contribution in [0.25, 0.3) is 0 Å². The zero-order valence-electron chi connectivity index (χ0n) is 16.0. The summed E-state index contributed by atoms with van der Waals surface area (Å²) in [5, 5.41) is 7.48. The Morgan fingerprint density at radius 2 is 1.60 bits per heavy atom. The summed E-state index contributed by atoms with van der Waals surface area (Å²) in [6.07, 6.45) is 15.1. The van der Waals surface area contributed by atoms with Gasteiger partial charge in [0.15, 0.2) is 0 Å². The number of nitrogens with two attached hydrogens (primary N) is 1. The Kier molecular flexibility index (Phi) is 8.23. The minimum absolute atomic E-state index is 0.0605. The van der Waals surface area contributed by atoms with E-state index in [9.17, 15) is 0 Å². The van der Waals surface area contributed by atoms with E-state index in [1.54, 1.807) is 0 Å². The molecule has 25 heavy (non-hydrogen) atoms. The van der Waals surface area contributed by atoms with E-state index in [2.05, 4.69) is 54.8 Å². The molecule has 0 bridgehead atoms. The molecule has 0 saturated heterocycles. The van der Waals surface area contributed by atoms with Crippen molar-refractivity contribution in [2.24, 2.45) is 0 Å². The molecule has 2 rings (SSSR count). The second kappa shape index (κ2) is 10.4. The van der Waals surface area contributed by atoms with Crippen molar-refractivity contribution in [2.45, 2.75) is 64.5 Å². The summed E-state index contributed by atoms with van der Waals surface area (Å²) in [5.41, 5.74) is 9.32. The van der Waals surface area contributed by atoms with E-state index in [4.69, 9.17) is 5.73 Å². The molecule has 1 aliphatic rings. The van der Waals surface area contributed by atoms with Crippen LogP contribution in [0.3, 0.4) is 0 Å². The number of nitrogen functional groups attached to an aromatic ring is 1. The quantitative estimate of drug-likeness (QED) is 0.314. The number of nitrogens with one attached hydrogen (secondary N) is 2. The van der Waals surface area contributed by atoms with Crippen molar-refractivity contribution < 1.29 is 0 Å². The van der Waals surface area contributed by atoms with Crippen LogP contribution in [0.1, 0.15) is 57.9 Å². The lowest BCUT2D eigenvalue weighted by atomic mass is 9.93. The Bertz CT molecular complexity index is 547. The van der Waals surface area contributed by atoms with Crippen LogP contribution >= 0.6 is 0 Å². The molecule has 0 fully saturated rings. The van der Waals surface area contributed by atoms with E-state index in [-0.39, 0.29) is 5.66 Å². The fourth-order valence-electron chi connectivity index (χ4n) is 3.14. The first-order valence-corrected chi connectivity index (χ1v) is 9.90. The number of hydrogen-bond donors (Lipinski definition) is 3. The summed E-state index contributed by atoms with van der Waals surface area (Å²) in [6.45, 7) is 6.61. The summed E-state index contributed by atoms with van der Waals surface area (Å²) in [4.78, 5) is 0. The van der Waals surface area contributed by atoms with Crippen molar-refractivity contribution in [3.8, 4) is 0 Å². The zero-order chi connectivity index (χ0) is 18.0. The zero-order valence-corrected chi connectivity index (χ0v) is 16.0. The summed E-state index contributed by atoms with van der Waals surface area (Å²) in [7, 11) is 0. The highest BCUT2D eigenvalue weighted by molar-refractivity contribution is 5.39. The van der Waals surface area contributed by atoms with Crippen LogP contribution < -0.4 is 16.4 Å². The molecule has 0 spiro atoms. The first-order chi connectivity index (χ1) is 12.2. The first-order valence-electron chi connectivity index (χ1n) is 9.90. The normalized spacial score (nSPS) is 16.0. The number of benzene rings is 1. The Balaban J connectivity index is 1.88. The lowest BCUT2D eigenvalue weighted by Gasteiger charge is -2.35. The molecule has 0 aromatic heterocycles. The number of unbranched alkanes of at least 4 members (excludes halogenated alkanes) is 2. The molecule has 3 nitrogen and oxygen atoms in total. The van der Waals surface area contributed by atoms with Crippen LogP contribution in [0.2, 0.25) is 0 Å². The molecule has 0 atom stereocenters. The molecular formula is C22H35N3. The summed E-state index contributed by atoms with van der Waals surface area (Å²) < 4.78 is 0. The van der Waals surface area contributed by atoms with Gasteiger partial charge in [-0.05, 0) is 62.5 Å². The van der Waals surface area contributed by atoms with E-state index >= 15 is 0 Å². The monoisotopic (exact) mass is 341 g/mol. The molecule has 1 aliphatic carbocycles. The maximum atomic E-state index is 5.76. The van der Waals surface area contributed by atoms with Crippen LogP contribution in [0, 0.1) is 0 Å². The van der Waals surface area contributed by atoms with Gasteiger partial charge in [-0.3, -0.25) is 10.6 Å². The van der Waals surface area contributed by atoms with Crippen molar-refractivity contribution in [3.63, 3.8) is 0 Å². The smallest absolute Gasteiger partial charge is 0.0917 e. The van der Waals surface area contributed by atoms with Gasteiger partial charge in [-0.15, -0.1) is 0 Å². The Morgan fingerprint density at radius 1 is 0.960 bits per heavy atom. The highest BCUT2D eigenvalue weighted by Crippen LogP contribution is 2.22. The van der Waals surface area contributed by atoms with Gasteiger partial charge < -0.3 is 5.73 Å². The fourth-order valence-corrected chi connectivity index (χ4v) is 3.14. The maximum Gasteiger partial charge on any atom is 0.0917 e. The molecule has 3 heteroatoms. The Labute approximate surface area is 153 Å². The molecule has 0 aliphatic heterocycles. The number of rotatable bonds is 11. The third-order valence-electron chi connectivity index (χ3n) is 4.89. The van der Waals surface area contributed by atoms with Crippen molar-refractivity contribution >= 4 is 5.69 Å². The molecule has 1 aromatic rings. The summed E-state index contributed by atoms with van der Waals surface area (Å²) in [5.74, 6) is 0. The average molecular weight is 342 g/mol. The predicted octanol–water partition coefficient (Wildman–Crippen LogP) is 4.56. The van der Waals surface area contributed by atoms with E-state index in [1.165, 1.54) is 36.8 Å².